The molecule has 0 aliphatic rings. The molecule has 0 radical (unpaired) electrons. The van der Waals surface area contributed by atoms with Crippen molar-refractivity contribution >= 4 is 10.9 Å². The molecule has 2 heterocycles. The second-order valence-electron chi connectivity index (χ2n) is 4.09. The number of hydrogen-bond acceptors (Lipinski definition) is 3. The van der Waals surface area contributed by atoms with Gasteiger partial charge in [0, 0.05) is 24.5 Å². The maximum absolute atomic E-state index is 14.4. The third-order valence-electron chi connectivity index (χ3n) is 2.85. The maximum Gasteiger partial charge on any atom is 0.251 e. The van der Waals surface area contributed by atoms with Gasteiger partial charge in [-0.1, -0.05) is 0 Å². The van der Waals surface area contributed by atoms with Crippen LogP contribution in [0, 0.1) is 11.6 Å². The quantitative estimate of drug-likeness (QED) is 0.707. The van der Waals surface area contributed by atoms with Crippen molar-refractivity contribution in [2.45, 2.75) is 0 Å². The molecule has 3 aromatic rings. The lowest BCUT2D eigenvalue weighted by Crippen LogP contribution is -2.10. The van der Waals surface area contributed by atoms with E-state index in [0.717, 1.165) is 24.4 Å². The first-order valence-electron chi connectivity index (χ1n) is 5.63. The monoisotopic (exact) mass is 275 g/mol. The van der Waals surface area contributed by atoms with Gasteiger partial charge in [-0.3, -0.25) is 9.59 Å². The third-order valence-corrected chi connectivity index (χ3v) is 2.85. The number of nitrogens with zero attached hydrogens (tertiary/aromatic N) is 1. The first-order valence-corrected chi connectivity index (χ1v) is 5.63. The number of benzene rings is 1. The minimum Gasteiger partial charge on any atom is -0.361 e. The van der Waals surface area contributed by atoms with Gasteiger partial charge in [0.2, 0.25) is 0 Å². The van der Waals surface area contributed by atoms with Gasteiger partial charge in [-0.25, -0.2) is 13.8 Å². The van der Waals surface area contributed by atoms with Crippen LogP contribution in [0.5, 0.6) is 0 Å². The SMILES string of the molecule is O=c1ccnc(-c2c(F)cc3[nH]ccc(=O)c3c2F)[nH]1. The van der Waals surface area contributed by atoms with Crippen LogP contribution >= 0.6 is 0 Å². The van der Waals surface area contributed by atoms with Crippen molar-refractivity contribution in [1.82, 2.24) is 15.0 Å². The van der Waals surface area contributed by atoms with Crippen LogP contribution in [0.15, 0.2) is 40.2 Å². The molecule has 2 N–H and O–H groups in total. The minimum atomic E-state index is -1.06. The van der Waals surface area contributed by atoms with E-state index in [1.165, 1.54) is 6.20 Å². The number of aromatic nitrogens is 3. The smallest absolute Gasteiger partial charge is 0.251 e. The summed E-state index contributed by atoms with van der Waals surface area (Å²) in [6, 6.07) is 3.24. The molecule has 0 saturated heterocycles. The highest BCUT2D eigenvalue weighted by Gasteiger charge is 2.19. The molecular weight excluding hydrogens is 268 g/mol. The summed E-state index contributed by atoms with van der Waals surface area (Å²) < 4.78 is 28.4. The molecule has 7 heteroatoms. The highest BCUT2D eigenvalue weighted by Crippen LogP contribution is 2.26. The molecule has 0 amide bonds. The lowest BCUT2D eigenvalue weighted by atomic mass is 10.1. The largest absolute Gasteiger partial charge is 0.361 e. The van der Waals surface area contributed by atoms with Crippen molar-refractivity contribution in [1.29, 1.82) is 0 Å². The Kier molecular flexibility index (Phi) is 2.67. The number of halogens is 2. The van der Waals surface area contributed by atoms with E-state index in [0.29, 0.717) is 0 Å². The number of pyridine rings is 1. The average Bonchev–Trinajstić information content (AvgIpc) is 2.38. The van der Waals surface area contributed by atoms with Crippen LogP contribution in [0.3, 0.4) is 0 Å². The number of fused-ring (bicyclic) bond motifs is 1. The number of H-pyrrole nitrogens is 2. The Morgan fingerprint density at radius 1 is 1.15 bits per heavy atom. The molecular formula is C13H7F2N3O2. The Labute approximate surface area is 109 Å². The standard InChI is InChI=1S/C13H7F2N3O2/c14-6-5-7-11(8(19)1-3-16-7)12(15)10(6)13-17-4-2-9(20)18-13/h1-5H,(H,16,19)(H,17,18,20). The predicted molar refractivity (Wildman–Crippen MR) is 68.3 cm³/mol. The molecule has 0 atom stereocenters. The summed E-state index contributed by atoms with van der Waals surface area (Å²) in [7, 11) is 0. The van der Waals surface area contributed by atoms with Gasteiger partial charge in [-0.2, -0.15) is 0 Å². The molecule has 0 saturated carbocycles. The van der Waals surface area contributed by atoms with E-state index in [4.69, 9.17) is 0 Å². The third kappa shape index (κ3) is 1.80. The van der Waals surface area contributed by atoms with Crippen LogP contribution < -0.4 is 11.0 Å². The topological polar surface area (TPSA) is 78.6 Å². The Morgan fingerprint density at radius 2 is 1.95 bits per heavy atom. The fourth-order valence-electron chi connectivity index (χ4n) is 1.98. The molecule has 0 spiro atoms. The van der Waals surface area contributed by atoms with Crippen molar-refractivity contribution in [3.8, 4) is 11.4 Å². The van der Waals surface area contributed by atoms with E-state index < -0.39 is 28.2 Å². The van der Waals surface area contributed by atoms with Gasteiger partial charge >= 0.3 is 0 Å². The predicted octanol–water partition coefficient (Wildman–Crippen LogP) is 1.56. The Hall–Kier alpha value is -2.83. The number of nitrogens with one attached hydrogen (secondary N) is 2. The fraction of sp³-hybridized carbons (Fsp3) is 0. The van der Waals surface area contributed by atoms with Crippen molar-refractivity contribution in [2.24, 2.45) is 0 Å². The summed E-state index contributed by atoms with van der Waals surface area (Å²) >= 11 is 0. The van der Waals surface area contributed by atoms with Gasteiger partial charge in [0.05, 0.1) is 16.5 Å². The lowest BCUT2D eigenvalue weighted by Gasteiger charge is -2.06. The Morgan fingerprint density at radius 3 is 2.70 bits per heavy atom. The molecule has 0 aliphatic carbocycles. The van der Waals surface area contributed by atoms with E-state index in [9.17, 15) is 18.4 Å². The summed E-state index contributed by atoms with van der Waals surface area (Å²) in [5.41, 5.74) is -1.63. The lowest BCUT2D eigenvalue weighted by molar-refractivity contribution is 0.595. The van der Waals surface area contributed by atoms with Gasteiger partial charge in [0.25, 0.3) is 5.56 Å². The maximum atomic E-state index is 14.4. The first-order chi connectivity index (χ1) is 9.58. The highest BCUT2D eigenvalue weighted by molar-refractivity contribution is 5.84. The van der Waals surface area contributed by atoms with Crippen molar-refractivity contribution in [2.75, 3.05) is 0 Å². The van der Waals surface area contributed by atoms with Crippen LogP contribution in [-0.4, -0.2) is 15.0 Å². The molecule has 1 aromatic carbocycles. The number of aromatic amines is 2. The second kappa shape index (κ2) is 4.37. The van der Waals surface area contributed by atoms with Crippen LogP contribution in [-0.2, 0) is 0 Å². The van der Waals surface area contributed by atoms with Crippen molar-refractivity contribution < 1.29 is 8.78 Å². The number of rotatable bonds is 1. The molecule has 0 aliphatic heterocycles. The van der Waals surface area contributed by atoms with Crippen LogP contribution in [0.1, 0.15) is 0 Å². The molecule has 5 nitrogen and oxygen atoms in total. The average molecular weight is 275 g/mol. The molecule has 20 heavy (non-hydrogen) atoms. The second-order valence-corrected chi connectivity index (χ2v) is 4.09. The van der Waals surface area contributed by atoms with E-state index >= 15 is 0 Å². The van der Waals surface area contributed by atoms with Crippen LogP contribution in [0.2, 0.25) is 0 Å². The normalized spacial score (nSPS) is 10.9. The van der Waals surface area contributed by atoms with Gasteiger partial charge in [0.15, 0.2) is 5.43 Å². The zero-order chi connectivity index (χ0) is 14.3. The van der Waals surface area contributed by atoms with Gasteiger partial charge < -0.3 is 9.97 Å². The van der Waals surface area contributed by atoms with Crippen LogP contribution in [0.4, 0.5) is 8.78 Å². The molecule has 0 unspecified atom stereocenters. The van der Waals surface area contributed by atoms with E-state index in [2.05, 4.69) is 15.0 Å². The Bertz CT molecular complexity index is 931. The van der Waals surface area contributed by atoms with Crippen molar-refractivity contribution in [3.05, 3.63) is 62.8 Å². The number of hydrogen-bond donors (Lipinski definition) is 2. The van der Waals surface area contributed by atoms with E-state index in [1.807, 2.05) is 0 Å². The highest BCUT2D eigenvalue weighted by atomic mass is 19.1. The zero-order valence-corrected chi connectivity index (χ0v) is 9.91. The van der Waals surface area contributed by atoms with Crippen LogP contribution in [0.25, 0.3) is 22.3 Å². The molecule has 100 valence electrons. The molecule has 2 aromatic heterocycles. The summed E-state index contributed by atoms with van der Waals surface area (Å²) in [5, 5.41) is -0.282. The summed E-state index contributed by atoms with van der Waals surface area (Å²) in [6.07, 6.45) is 2.43. The zero-order valence-electron chi connectivity index (χ0n) is 9.91. The summed E-state index contributed by atoms with van der Waals surface area (Å²) in [6.45, 7) is 0. The fourth-order valence-corrected chi connectivity index (χ4v) is 1.98. The van der Waals surface area contributed by atoms with Gasteiger partial charge in [-0.15, -0.1) is 0 Å². The molecule has 3 rings (SSSR count). The van der Waals surface area contributed by atoms with E-state index in [1.54, 1.807) is 0 Å². The summed E-state index contributed by atoms with van der Waals surface area (Å²) in [4.78, 5) is 31.4. The van der Waals surface area contributed by atoms with Crippen molar-refractivity contribution in [3.63, 3.8) is 0 Å². The minimum absolute atomic E-state index is 0.0366. The summed E-state index contributed by atoms with van der Waals surface area (Å²) in [5.74, 6) is -2.25. The van der Waals surface area contributed by atoms with Gasteiger partial charge in [-0.05, 0) is 6.07 Å². The first kappa shape index (κ1) is 12.2. The van der Waals surface area contributed by atoms with E-state index in [-0.39, 0.29) is 16.7 Å². The molecule has 0 bridgehead atoms. The van der Waals surface area contributed by atoms with Gasteiger partial charge in [0.1, 0.15) is 17.5 Å². The Balaban J connectivity index is 2.45. The molecule has 0 fully saturated rings.